The van der Waals surface area contributed by atoms with Crippen LogP contribution in [0.3, 0.4) is 0 Å². The Morgan fingerprint density at radius 3 is 2.15 bits per heavy atom. The van der Waals surface area contributed by atoms with E-state index in [0.717, 1.165) is 5.56 Å². The van der Waals surface area contributed by atoms with Crippen molar-refractivity contribution in [3.8, 4) is 11.1 Å². The average molecular weight is 269 g/mol. The fraction of sp³-hybridized carbons (Fsp3) is 0.235. The van der Waals surface area contributed by atoms with E-state index >= 15 is 0 Å². The quantitative estimate of drug-likeness (QED) is 0.904. The molecule has 0 aromatic heterocycles. The van der Waals surface area contributed by atoms with E-state index in [-0.39, 0.29) is 12.6 Å². The molecule has 2 aromatic rings. The van der Waals surface area contributed by atoms with E-state index in [4.69, 9.17) is 5.11 Å². The molecule has 3 nitrogen and oxygen atoms in total. The van der Waals surface area contributed by atoms with Crippen LogP contribution >= 0.6 is 0 Å². The molecule has 1 N–H and O–H groups in total. The highest BCUT2D eigenvalue weighted by molar-refractivity contribution is 5.69. The van der Waals surface area contributed by atoms with Crippen molar-refractivity contribution in [1.82, 2.24) is 4.90 Å². The van der Waals surface area contributed by atoms with E-state index in [0.29, 0.717) is 0 Å². The van der Waals surface area contributed by atoms with E-state index in [1.807, 2.05) is 37.1 Å². The second-order valence-electron chi connectivity index (χ2n) is 4.97. The Bertz CT molecular complexity index is 563. The van der Waals surface area contributed by atoms with Crippen LogP contribution in [0.25, 0.3) is 11.1 Å². The second kappa shape index (κ2) is 6.35. The lowest BCUT2D eigenvalue weighted by molar-refractivity contribution is -0.138. The molecule has 0 saturated heterocycles. The molecule has 104 valence electrons. The number of carbonyl (C=O) groups is 1. The Hall–Kier alpha value is -2.13. The van der Waals surface area contributed by atoms with Gasteiger partial charge in [0, 0.05) is 6.04 Å². The monoisotopic (exact) mass is 269 g/mol. The molecule has 2 rings (SSSR count). The fourth-order valence-corrected chi connectivity index (χ4v) is 2.19. The van der Waals surface area contributed by atoms with Gasteiger partial charge in [-0.2, -0.15) is 0 Å². The standard InChI is InChI=1S/C17H19NO2/c1-13(18(2)12-17(19)20)14-8-10-16(11-9-14)15-6-4-3-5-7-15/h3-11,13H,12H2,1-2H3,(H,19,20). The Labute approximate surface area is 119 Å². The van der Waals surface area contributed by atoms with Crippen LogP contribution in [0.1, 0.15) is 18.5 Å². The average Bonchev–Trinajstić information content (AvgIpc) is 2.47. The molecule has 0 aliphatic rings. The number of nitrogens with zero attached hydrogens (tertiary/aromatic N) is 1. The van der Waals surface area contributed by atoms with E-state index in [1.54, 1.807) is 0 Å². The maximum Gasteiger partial charge on any atom is 0.317 e. The van der Waals surface area contributed by atoms with Crippen LogP contribution in [0, 0.1) is 0 Å². The zero-order chi connectivity index (χ0) is 14.5. The van der Waals surface area contributed by atoms with Crippen molar-refractivity contribution in [2.24, 2.45) is 0 Å². The van der Waals surface area contributed by atoms with E-state index in [9.17, 15) is 4.79 Å². The lowest BCUT2D eigenvalue weighted by Crippen LogP contribution is -2.28. The van der Waals surface area contributed by atoms with Gasteiger partial charge in [0.25, 0.3) is 0 Å². The number of hydrogen-bond donors (Lipinski definition) is 1. The van der Waals surface area contributed by atoms with Crippen molar-refractivity contribution in [3.05, 3.63) is 60.2 Å². The summed E-state index contributed by atoms with van der Waals surface area (Å²) in [6, 6.07) is 18.6. The summed E-state index contributed by atoms with van der Waals surface area (Å²) in [5.74, 6) is -0.805. The lowest BCUT2D eigenvalue weighted by Gasteiger charge is -2.23. The van der Waals surface area contributed by atoms with Crippen LogP contribution in [-0.2, 0) is 4.79 Å². The lowest BCUT2D eigenvalue weighted by atomic mass is 10.0. The Balaban J connectivity index is 2.14. The van der Waals surface area contributed by atoms with Crippen molar-refractivity contribution in [3.63, 3.8) is 0 Å². The first-order valence-electron chi connectivity index (χ1n) is 6.65. The molecule has 20 heavy (non-hydrogen) atoms. The molecule has 0 saturated carbocycles. The minimum Gasteiger partial charge on any atom is -0.480 e. The SMILES string of the molecule is CC(c1ccc(-c2ccccc2)cc1)N(C)CC(=O)O. The van der Waals surface area contributed by atoms with Gasteiger partial charge in [-0.05, 0) is 30.7 Å². The molecule has 0 aliphatic heterocycles. The van der Waals surface area contributed by atoms with E-state index in [2.05, 4.69) is 36.4 Å². The summed E-state index contributed by atoms with van der Waals surface area (Å²) in [7, 11) is 1.82. The molecule has 0 aliphatic carbocycles. The Morgan fingerprint density at radius 2 is 1.60 bits per heavy atom. The third-order valence-electron chi connectivity index (χ3n) is 3.55. The third-order valence-corrected chi connectivity index (χ3v) is 3.55. The number of carboxylic acids is 1. The second-order valence-corrected chi connectivity index (χ2v) is 4.97. The number of benzene rings is 2. The highest BCUT2D eigenvalue weighted by Gasteiger charge is 2.14. The Kier molecular flexibility index (Phi) is 4.53. The number of carboxylic acid groups (broad SMARTS) is 1. The number of likely N-dealkylation sites (N-methyl/N-ethyl adjacent to an activating group) is 1. The molecular formula is C17H19NO2. The van der Waals surface area contributed by atoms with Crippen molar-refractivity contribution in [1.29, 1.82) is 0 Å². The Morgan fingerprint density at radius 1 is 1.05 bits per heavy atom. The molecule has 0 amide bonds. The highest BCUT2D eigenvalue weighted by atomic mass is 16.4. The summed E-state index contributed by atoms with van der Waals surface area (Å²) >= 11 is 0. The van der Waals surface area contributed by atoms with Crippen LogP contribution in [0.5, 0.6) is 0 Å². The molecule has 1 unspecified atom stereocenters. The molecule has 1 atom stereocenters. The molecule has 0 radical (unpaired) electrons. The van der Waals surface area contributed by atoms with Crippen molar-refractivity contribution in [2.75, 3.05) is 13.6 Å². The maximum absolute atomic E-state index is 10.7. The van der Waals surface area contributed by atoms with Gasteiger partial charge < -0.3 is 5.11 Å². The summed E-state index contributed by atoms with van der Waals surface area (Å²) in [6.07, 6.45) is 0. The molecule has 0 spiro atoms. The van der Waals surface area contributed by atoms with Gasteiger partial charge in [-0.25, -0.2) is 0 Å². The third kappa shape index (κ3) is 3.45. The number of hydrogen-bond acceptors (Lipinski definition) is 2. The zero-order valence-corrected chi connectivity index (χ0v) is 11.8. The van der Waals surface area contributed by atoms with Crippen LogP contribution in [0.4, 0.5) is 0 Å². The molecular weight excluding hydrogens is 250 g/mol. The first-order chi connectivity index (χ1) is 9.58. The summed E-state index contributed by atoms with van der Waals surface area (Å²) in [6.45, 7) is 2.06. The highest BCUT2D eigenvalue weighted by Crippen LogP contribution is 2.23. The summed E-state index contributed by atoms with van der Waals surface area (Å²) in [5, 5.41) is 8.83. The van der Waals surface area contributed by atoms with Gasteiger partial charge in [0.2, 0.25) is 0 Å². The van der Waals surface area contributed by atoms with E-state index in [1.165, 1.54) is 11.1 Å². The van der Waals surface area contributed by atoms with Gasteiger partial charge in [0.05, 0.1) is 6.54 Å². The first-order valence-corrected chi connectivity index (χ1v) is 6.65. The first kappa shape index (κ1) is 14.3. The smallest absolute Gasteiger partial charge is 0.317 e. The molecule has 2 aromatic carbocycles. The van der Waals surface area contributed by atoms with Gasteiger partial charge in [0.15, 0.2) is 0 Å². The molecule has 0 heterocycles. The van der Waals surface area contributed by atoms with E-state index < -0.39 is 5.97 Å². The van der Waals surface area contributed by atoms with Gasteiger partial charge in [-0.3, -0.25) is 9.69 Å². The van der Waals surface area contributed by atoms with Gasteiger partial charge in [0.1, 0.15) is 0 Å². The summed E-state index contributed by atoms with van der Waals surface area (Å²) in [4.78, 5) is 12.6. The summed E-state index contributed by atoms with van der Waals surface area (Å²) in [5.41, 5.74) is 3.47. The van der Waals surface area contributed by atoms with Gasteiger partial charge in [-0.1, -0.05) is 54.6 Å². The molecule has 0 bridgehead atoms. The minimum absolute atomic E-state index is 0.0433. The molecule has 3 heteroatoms. The van der Waals surface area contributed by atoms with Crippen LogP contribution in [-0.4, -0.2) is 29.6 Å². The van der Waals surface area contributed by atoms with Crippen LogP contribution in [0.2, 0.25) is 0 Å². The predicted octanol–water partition coefficient (Wildman–Crippen LogP) is 3.43. The van der Waals surface area contributed by atoms with Crippen molar-refractivity contribution < 1.29 is 9.90 Å². The topological polar surface area (TPSA) is 40.5 Å². The maximum atomic E-state index is 10.7. The zero-order valence-electron chi connectivity index (χ0n) is 11.8. The van der Waals surface area contributed by atoms with Gasteiger partial charge >= 0.3 is 5.97 Å². The normalized spacial score (nSPS) is 12.3. The molecule has 0 fully saturated rings. The van der Waals surface area contributed by atoms with Crippen molar-refractivity contribution in [2.45, 2.75) is 13.0 Å². The van der Waals surface area contributed by atoms with Crippen LogP contribution in [0.15, 0.2) is 54.6 Å². The van der Waals surface area contributed by atoms with Gasteiger partial charge in [-0.15, -0.1) is 0 Å². The fourth-order valence-electron chi connectivity index (χ4n) is 2.19. The minimum atomic E-state index is -0.805. The predicted molar refractivity (Wildman–Crippen MR) is 80.6 cm³/mol. The van der Waals surface area contributed by atoms with Crippen molar-refractivity contribution >= 4 is 5.97 Å². The van der Waals surface area contributed by atoms with Crippen LogP contribution < -0.4 is 0 Å². The number of rotatable bonds is 5. The number of aliphatic carboxylic acids is 1. The largest absolute Gasteiger partial charge is 0.480 e. The summed E-state index contributed by atoms with van der Waals surface area (Å²) < 4.78 is 0.